The van der Waals surface area contributed by atoms with Gasteiger partial charge in [-0.05, 0) is 38.2 Å². The van der Waals surface area contributed by atoms with Crippen molar-refractivity contribution in [3.63, 3.8) is 0 Å². The molecule has 1 N–H and O–H groups in total. The number of nitrogens with one attached hydrogen (secondary N) is 1. The second kappa shape index (κ2) is 7.49. The molecular formula is C16H16FN5O2S. The van der Waals surface area contributed by atoms with E-state index in [1.807, 2.05) is 24.9 Å². The van der Waals surface area contributed by atoms with Crippen LogP contribution in [0.5, 0.6) is 0 Å². The molecule has 0 bridgehead atoms. The van der Waals surface area contributed by atoms with Crippen LogP contribution in [0, 0.1) is 12.7 Å². The fourth-order valence-electron chi connectivity index (χ4n) is 2.18. The van der Waals surface area contributed by atoms with E-state index in [0.29, 0.717) is 23.8 Å². The highest BCUT2D eigenvalue weighted by molar-refractivity contribution is 7.13. The molecule has 2 aromatic heterocycles. The van der Waals surface area contributed by atoms with Gasteiger partial charge in [0.05, 0.1) is 12.2 Å². The van der Waals surface area contributed by atoms with Crippen LogP contribution in [0.25, 0.3) is 0 Å². The van der Waals surface area contributed by atoms with Crippen molar-refractivity contribution in [1.82, 2.24) is 20.3 Å². The molecule has 0 saturated carbocycles. The van der Waals surface area contributed by atoms with Crippen molar-refractivity contribution in [1.29, 1.82) is 0 Å². The number of halogens is 1. The van der Waals surface area contributed by atoms with Gasteiger partial charge in [0.15, 0.2) is 0 Å². The van der Waals surface area contributed by atoms with Crippen LogP contribution in [-0.4, -0.2) is 33.2 Å². The van der Waals surface area contributed by atoms with Crippen molar-refractivity contribution in [3.8, 4) is 0 Å². The molecule has 0 aliphatic carbocycles. The molecule has 7 nitrogen and oxygen atoms in total. The van der Waals surface area contributed by atoms with E-state index in [1.165, 1.54) is 35.6 Å². The van der Waals surface area contributed by atoms with Crippen LogP contribution in [-0.2, 0) is 13.1 Å². The number of carbonyl (C=O) groups is 1. The summed E-state index contributed by atoms with van der Waals surface area (Å²) < 4.78 is 17.9. The lowest BCUT2D eigenvalue weighted by Crippen LogP contribution is -2.17. The van der Waals surface area contributed by atoms with E-state index >= 15 is 0 Å². The molecule has 0 fully saturated rings. The topological polar surface area (TPSA) is 84.2 Å². The zero-order chi connectivity index (χ0) is 17.8. The van der Waals surface area contributed by atoms with Gasteiger partial charge in [0.25, 0.3) is 5.91 Å². The predicted octanol–water partition coefficient (Wildman–Crippen LogP) is 2.86. The number of aryl methyl sites for hydroxylation is 1. The Bertz CT molecular complexity index is 862. The lowest BCUT2D eigenvalue weighted by molar-refractivity contribution is 0.102. The molecule has 0 aliphatic heterocycles. The standard InChI is InChI=1S/C16H16FN5O2S/c1-10-7-13(21-24-10)8-22(2)9-14-19-20-16(25-14)15(23)18-12-5-3-11(17)4-6-12/h3-7H,8-9H2,1-2H3,(H,18,23). The summed E-state index contributed by atoms with van der Waals surface area (Å²) in [7, 11) is 1.92. The Morgan fingerprint density at radius 3 is 2.72 bits per heavy atom. The Hall–Kier alpha value is -2.65. The number of aromatic nitrogens is 3. The smallest absolute Gasteiger partial charge is 0.286 e. The van der Waals surface area contributed by atoms with Crippen molar-refractivity contribution in [2.24, 2.45) is 0 Å². The van der Waals surface area contributed by atoms with Gasteiger partial charge >= 0.3 is 0 Å². The minimum absolute atomic E-state index is 0.255. The maximum absolute atomic E-state index is 12.9. The molecule has 0 atom stereocenters. The van der Waals surface area contributed by atoms with Gasteiger partial charge in [0.1, 0.15) is 16.6 Å². The highest BCUT2D eigenvalue weighted by Crippen LogP contribution is 2.16. The van der Waals surface area contributed by atoms with Crippen LogP contribution < -0.4 is 5.32 Å². The van der Waals surface area contributed by atoms with Gasteiger partial charge < -0.3 is 9.84 Å². The number of hydrogen-bond acceptors (Lipinski definition) is 7. The SMILES string of the molecule is Cc1cc(CN(C)Cc2nnc(C(=O)Nc3ccc(F)cc3)s2)no1. The minimum atomic E-state index is -0.370. The number of amides is 1. The number of carbonyl (C=O) groups excluding carboxylic acids is 1. The molecule has 25 heavy (non-hydrogen) atoms. The normalized spacial score (nSPS) is 11.0. The fraction of sp³-hybridized carbons (Fsp3) is 0.250. The molecule has 1 amide bonds. The first kappa shape index (κ1) is 17.2. The third-order valence-corrected chi connectivity index (χ3v) is 4.18. The third kappa shape index (κ3) is 4.68. The zero-order valence-corrected chi connectivity index (χ0v) is 14.5. The van der Waals surface area contributed by atoms with E-state index in [-0.39, 0.29) is 16.7 Å². The highest BCUT2D eigenvalue weighted by atomic mass is 32.1. The summed E-state index contributed by atoms with van der Waals surface area (Å²) in [5.41, 5.74) is 1.33. The molecule has 130 valence electrons. The number of hydrogen-bond donors (Lipinski definition) is 1. The highest BCUT2D eigenvalue weighted by Gasteiger charge is 2.15. The summed E-state index contributed by atoms with van der Waals surface area (Å²) >= 11 is 1.21. The average Bonchev–Trinajstić information content (AvgIpc) is 3.19. The maximum atomic E-state index is 12.9. The molecule has 9 heteroatoms. The van der Waals surface area contributed by atoms with E-state index in [9.17, 15) is 9.18 Å². The Kier molecular flexibility index (Phi) is 5.15. The van der Waals surface area contributed by atoms with E-state index in [0.717, 1.165) is 11.5 Å². The molecule has 3 rings (SSSR count). The quantitative estimate of drug-likeness (QED) is 0.727. The van der Waals surface area contributed by atoms with Gasteiger partial charge in [-0.15, -0.1) is 10.2 Å². The van der Waals surface area contributed by atoms with Crippen molar-refractivity contribution in [2.75, 3.05) is 12.4 Å². The van der Waals surface area contributed by atoms with Crippen LogP contribution in [0.15, 0.2) is 34.9 Å². The van der Waals surface area contributed by atoms with Crippen molar-refractivity contribution in [3.05, 3.63) is 57.6 Å². The first-order chi connectivity index (χ1) is 12.0. The number of rotatable bonds is 6. The first-order valence-electron chi connectivity index (χ1n) is 7.49. The second-order valence-electron chi connectivity index (χ2n) is 5.56. The third-order valence-electron chi connectivity index (χ3n) is 3.28. The monoisotopic (exact) mass is 361 g/mol. The average molecular weight is 361 g/mol. The van der Waals surface area contributed by atoms with Crippen LogP contribution >= 0.6 is 11.3 Å². The molecule has 3 aromatic rings. The van der Waals surface area contributed by atoms with Crippen molar-refractivity contribution >= 4 is 22.9 Å². The molecule has 1 aromatic carbocycles. The number of anilines is 1. The lowest BCUT2D eigenvalue weighted by atomic mass is 10.3. The van der Waals surface area contributed by atoms with Gasteiger partial charge in [-0.3, -0.25) is 9.69 Å². The first-order valence-corrected chi connectivity index (χ1v) is 8.31. The summed E-state index contributed by atoms with van der Waals surface area (Å²) in [6.45, 7) is 2.98. The number of nitrogens with zero attached hydrogens (tertiary/aromatic N) is 4. The van der Waals surface area contributed by atoms with Gasteiger partial charge in [0.2, 0.25) is 5.01 Å². The number of benzene rings is 1. The van der Waals surface area contributed by atoms with E-state index in [4.69, 9.17) is 4.52 Å². The summed E-state index contributed by atoms with van der Waals surface area (Å²) in [5.74, 6) is 0.0331. The van der Waals surface area contributed by atoms with Crippen LogP contribution in [0.2, 0.25) is 0 Å². The fourth-order valence-corrected chi connectivity index (χ4v) is 3.00. The molecule has 0 aliphatic rings. The van der Waals surface area contributed by atoms with Gasteiger partial charge in [-0.1, -0.05) is 16.5 Å². The molecule has 0 radical (unpaired) electrons. The van der Waals surface area contributed by atoms with Crippen molar-refractivity contribution < 1.29 is 13.7 Å². The summed E-state index contributed by atoms with van der Waals surface area (Å²) in [4.78, 5) is 14.2. The zero-order valence-electron chi connectivity index (χ0n) is 13.7. The summed E-state index contributed by atoms with van der Waals surface area (Å²) in [5, 5.41) is 15.5. The van der Waals surface area contributed by atoms with Crippen LogP contribution in [0.3, 0.4) is 0 Å². The van der Waals surface area contributed by atoms with E-state index < -0.39 is 0 Å². The Morgan fingerprint density at radius 1 is 1.28 bits per heavy atom. The van der Waals surface area contributed by atoms with E-state index in [2.05, 4.69) is 20.7 Å². The lowest BCUT2D eigenvalue weighted by Gasteiger charge is -2.11. The van der Waals surface area contributed by atoms with Gasteiger partial charge in [0, 0.05) is 18.3 Å². The molecule has 2 heterocycles. The molecule has 0 saturated heterocycles. The largest absolute Gasteiger partial charge is 0.361 e. The minimum Gasteiger partial charge on any atom is -0.361 e. The Balaban J connectivity index is 1.57. The van der Waals surface area contributed by atoms with Crippen LogP contribution in [0.4, 0.5) is 10.1 Å². The molecule has 0 unspecified atom stereocenters. The molecule has 0 spiro atoms. The van der Waals surface area contributed by atoms with Crippen LogP contribution in [0.1, 0.15) is 26.3 Å². The maximum Gasteiger partial charge on any atom is 0.286 e. The summed E-state index contributed by atoms with van der Waals surface area (Å²) in [6, 6.07) is 7.41. The van der Waals surface area contributed by atoms with Gasteiger partial charge in [-0.25, -0.2) is 4.39 Å². The predicted molar refractivity (Wildman–Crippen MR) is 90.7 cm³/mol. The molecular weight excluding hydrogens is 345 g/mol. The van der Waals surface area contributed by atoms with Crippen molar-refractivity contribution in [2.45, 2.75) is 20.0 Å². The second-order valence-corrected chi connectivity index (χ2v) is 6.63. The Morgan fingerprint density at radius 2 is 2.04 bits per heavy atom. The van der Waals surface area contributed by atoms with Gasteiger partial charge in [-0.2, -0.15) is 0 Å². The Labute approximate surface area is 147 Å². The van der Waals surface area contributed by atoms with E-state index in [1.54, 1.807) is 0 Å². The summed E-state index contributed by atoms with van der Waals surface area (Å²) in [6.07, 6.45) is 0.